The third-order valence-electron chi connectivity index (χ3n) is 2.10. The van der Waals surface area contributed by atoms with Gasteiger partial charge in [-0.25, -0.2) is 9.78 Å². The smallest absolute Gasteiger partial charge is 0.329 e. The lowest BCUT2D eigenvalue weighted by Gasteiger charge is -2.13. The normalized spacial score (nSPS) is 11.1. The van der Waals surface area contributed by atoms with E-state index in [1.807, 2.05) is 20.8 Å². The third-order valence-corrected chi connectivity index (χ3v) is 2.93. The molecular formula is C12H18N4OS. The van der Waals surface area contributed by atoms with E-state index in [-0.39, 0.29) is 11.4 Å². The lowest BCUT2D eigenvalue weighted by Crippen LogP contribution is -2.29. The molecule has 18 heavy (non-hydrogen) atoms. The van der Waals surface area contributed by atoms with Crippen LogP contribution in [-0.2, 0) is 5.41 Å². The van der Waals surface area contributed by atoms with Gasteiger partial charge in [0.2, 0.25) is 0 Å². The first-order chi connectivity index (χ1) is 8.27. The summed E-state index contributed by atoms with van der Waals surface area (Å²) in [5, 5.41) is 4.82. The van der Waals surface area contributed by atoms with Crippen LogP contribution in [0.5, 0.6) is 0 Å². The molecule has 0 bridgehead atoms. The van der Waals surface area contributed by atoms with Gasteiger partial charge in [0.1, 0.15) is 0 Å². The van der Waals surface area contributed by atoms with Crippen LogP contribution < -0.4 is 0 Å². The van der Waals surface area contributed by atoms with Crippen LogP contribution >= 0.6 is 11.8 Å². The van der Waals surface area contributed by atoms with E-state index in [2.05, 4.69) is 16.0 Å². The third kappa shape index (κ3) is 3.26. The van der Waals surface area contributed by atoms with Gasteiger partial charge in [-0.15, -0.1) is 11.5 Å². The maximum atomic E-state index is 12.0. The highest BCUT2D eigenvalue weighted by molar-refractivity contribution is 7.99. The first-order valence-electron chi connectivity index (χ1n) is 5.53. The SMILES string of the molecule is C#CCSc1nc(C(C)(C)C)nn1C(=O)N(C)C. The number of terminal acetylenes is 1. The Morgan fingerprint density at radius 2 is 2.11 bits per heavy atom. The van der Waals surface area contributed by atoms with Crippen molar-refractivity contribution >= 4 is 17.8 Å². The summed E-state index contributed by atoms with van der Waals surface area (Å²) >= 11 is 1.34. The van der Waals surface area contributed by atoms with Crippen LogP contribution in [-0.4, -0.2) is 45.5 Å². The van der Waals surface area contributed by atoms with Gasteiger partial charge in [-0.1, -0.05) is 38.5 Å². The van der Waals surface area contributed by atoms with E-state index in [4.69, 9.17) is 6.42 Å². The molecule has 1 rings (SSSR count). The highest BCUT2D eigenvalue weighted by atomic mass is 32.2. The minimum Gasteiger partial charge on any atom is -0.329 e. The number of amides is 1. The maximum Gasteiger partial charge on any atom is 0.346 e. The Labute approximate surface area is 112 Å². The predicted molar refractivity (Wildman–Crippen MR) is 72.8 cm³/mol. The zero-order valence-corrected chi connectivity index (χ0v) is 12.2. The zero-order valence-electron chi connectivity index (χ0n) is 11.4. The molecule has 1 heterocycles. The fourth-order valence-electron chi connectivity index (χ4n) is 1.13. The van der Waals surface area contributed by atoms with E-state index in [1.54, 1.807) is 14.1 Å². The molecule has 0 saturated carbocycles. The monoisotopic (exact) mass is 266 g/mol. The lowest BCUT2D eigenvalue weighted by atomic mass is 9.96. The summed E-state index contributed by atoms with van der Waals surface area (Å²) in [4.78, 5) is 17.8. The number of carbonyl (C=O) groups is 1. The van der Waals surface area contributed by atoms with Gasteiger partial charge in [-0.05, 0) is 0 Å². The molecule has 1 aromatic rings. The van der Waals surface area contributed by atoms with Crippen LogP contribution in [0.15, 0.2) is 5.16 Å². The second kappa shape index (κ2) is 5.44. The summed E-state index contributed by atoms with van der Waals surface area (Å²) in [6, 6.07) is -0.225. The highest BCUT2D eigenvalue weighted by Gasteiger charge is 2.24. The maximum absolute atomic E-state index is 12.0. The topological polar surface area (TPSA) is 51.0 Å². The first-order valence-corrected chi connectivity index (χ1v) is 6.51. The Morgan fingerprint density at radius 1 is 1.50 bits per heavy atom. The van der Waals surface area contributed by atoms with Gasteiger partial charge < -0.3 is 4.90 Å². The van der Waals surface area contributed by atoms with Crippen LogP contribution in [0.25, 0.3) is 0 Å². The van der Waals surface area contributed by atoms with Gasteiger partial charge in [0.15, 0.2) is 11.0 Å². The molecule has 0 saturated heterocycles. The zero-order chi connectivity index (χ0) is 13.9. The van der Waals surface area contributed by atoms with E-state index < -0.39 is 0 Å². The van der Waals surface area contributed by atoms with Crippen molar-refractivity contribution in [3.05, 3.63) is 5.82 Å². The average Bonchev–Trinajstić information content (AvgIpc) is 2.68. The van der Waals surface area contributed by atoms with Crippen molar-refractivity contribution in [2.45, 2.75) is 31.3 Å². The number of nitrogens with zero attached hydrogens (tertiary/aromatic N) is 4. The van der Waals surface area contributed by atoms with Crippen molar-refractivity contribution in [2.75, 3.05) is 19.8 Å². The van der Waals surface area contributed by atoms with Gasteiger partial charge >= 0.3 is 6.03 Å². The molecule has 6 heteroatoms. The molecule has 5 nitrogen and oxygen atoms in total. The van der Waals surface area contributed by atoms with Crippen LogP contribution in [0.4, 0.5) is 4.79 Å². The minimum atomic E-state index is -0.225. The van der Waals surface area contributed by atoms with Crippen molar-refractivity contribution in [2.24, 2.45) is 0 Å². The van der Waals surface area contributed by atoms with Crippen LogP contribution in [0.1, 0.15) is 26.6 Å². The Hall–Kier alpha value is -1.48. The molecule has 0 radical (unpaired) electrons. The number of thioether (sulfide) groups is 1. The minimum absolute atomic E-state index is 0.205. The molecule has 0 spiro atoms. The summed E-state index contributed by atoms with van der Waals surface area (Å²) in [5.74, 6) is 3.61. The fraction of sp³-hybridized carbons (Fsp3) is 0.583. The summed E-state index contributed by atoms with van der Waals surface area (Å²) in [7, 11) is 3.35. The first kappa shape index (κ1) is 14.6. The molecule has 0 aliphatic rings. The Kier molecular flexibility index (Phi) is 4.41. The van der Waals surface area contributed by atoms with Gasteiger partial charge in [0, 0.05) is 19.5 Å². The molecule has 0 aromatic carbocycles. The van der Waals surface area contributed by atoms with Crippen molar-refractivity contribution in [3.8, 4) is 12.3 Å². The fourth-order valence-corrected chi connectivity index (χ4v) is 1.73. The molecular weight excluding hydrogens is 248 g/mol. The van der Waals surface area contributed by atoms with Crippen molar-refractivity contribution in [1.82, 2.24) is 19.7 Å². The summed E-state index contributed by atoms with van der Waals surface area (Å²) < 4.78 is 1.31. The molecule has 98 valence electrons. The van der Waals surface area contributed by atoms with Crippen molar-refractivity contribution in [1.29, 1.82) is 0 Å². The average molecular weight is 266 g/mol. The molecule has 0 fully saturated rings. The number of rotatable bonds is 2. The van der Waals surface area contributed by atoms with Gasteiger partial charge in [-0.2, -0.15) is 4.68 Å². The van der Waals surface area contributed by atoms with Gasteiger partial charge in [-0.3, -0.25) is 0 Å². The molecule has 1 amide bonds. The number of carbonyl (C=O) groups excluding carboxylic acids is 1. The van der Waals surface area contributed by atoms with E-state index in [1.165, 1.54) is 21.3 Å². The van der Waals surface area contributed by atoms with E-state index >= 15 is 0 Å². The Bertz CT molecular complexity index is 479. The molecule has 1 aromatic heterocycles. The van der Waals surface area contributed by atoms with Crippen LogP contribution in [0.2, 0.25) is 0 Å². The van der Waals surface area contributed by atoms with Crippen molar-refractivity contribution < 1.29 is 4.79 Å². The summed E-state index contributed by atoms with van der Waals surface area (Å²) in [6.45, 7) is 6.01. The van der Waals surface area contributed by atoms with Crippen LogP contribution in [0.3, 0.4) is 0 Å². The van der Waals surface area contributed by atoms with E-state index in [0.29, 0.717) is 16.7 Å². The quantitative estimate of drug-likeness (QED) is 0.605. The van der Waals surface area contributed by atoms with Crippen LogP contribution in [0, 0.1) is 12.3 Å². The van der Waals surface area contributed by atoms with E-state index in [9.17, 15) is 4.79 Å². The van der Waals surface area contributed by atoms with Crippen molar-refractivity contribution in [3.63, 3.8) is 0 Å². The molecule has 0 unspecified atom stereocenters. The highest BCUT2D eigenvalue weighted by Crippen LogP contribution is 2.23. The lowest BCUT2D eigenvalue weighted by molar-refractivity contribution is 0.213. The number of aromatic nitrogens is 3. The summed E-state index contributed by atoms with van der Waals surface area (Å²) in [5.41, 5.74) is -0.205. The molecule has 0 atom stereocenters. The standard InChI is InChI=1S/C12H18N4OS/c1-7-8-18-10-13-9(12(2,3)4)14-16(10)11(17)15(5)6/h1H,8H2,2-6H3. The second-order valence-corrected chi connectivity index (χ2v) is 5.99. The van der Waals surface area contributed by atoms with Gasteiger partial charge in [0.25, 0.3) is 0 Å². The largest absolute Gasteiger partial charge is 0.346 e. The summed E-state index contributed by atoms with van der Waals surface area (Å²) in [6.07, 6.45) is 5.23. The van der Waals surface area contributed by atoms with E-state index in [0.717, 1.165) is 0 Å². The molecule has 0 N–H and O–H groups in total. The Balaban J connectivity index is 3.18. The predicted octanol–water partition coefficient (Wildman–Crippen LogP) is 1.83. The van der Waals surface area contributed by atoms with Gasteiger partial charge in [0.05, 0.1) is 5.75 Å². The second-order valence-electron chi connectivity index (χ2n) is 5.05. The Morgan fingerprint density at radius 3 is 2.56 bits per heavy atom. The molecule has 0 aliphatic carbocycles. The molecule has 0 aliphatic heterocycles. The number of hydrogen-bond acceptors (Lipinski definition) is 4. The number of hydrogen-bond donors (Lipinski definition) is 0.